The molecule has 3 aromatic rings. The van der Waals surface area contributed by atoms with E-state index in [-0.39, 0.29) is 0 Å². The zero-order valence-electron chi connectivity index (χ0n) is 9.30. The largest absolute Gasteiger partial charge is 0.143 e. The Morgan fingerprint density at radius 3 is 2.53 bits per heavy atom. The summed E-state index contributed by atoms with van der Waals surface area (Å²) >= 11 is 3.74. The summed E-state index contributed by atoms with van der Waals surface area (Å²) in [7, 11) is 0. The van der Waals surface area contributed by atoms with Crippen molar-refractivity contribution < 1.29 is 0 Å². The Kier molecular flexibility index (Phi) is 3.16. The number of hydrogen-bond donors (Lipinski definition) is 0. The molecule has 2 aromatic carbocycles. The molecular formula is C15H12S2. The lowest BCUT2D eigenvalue weighted by atomic mass is 10.2. The third-order valence-electron chi connectivity index (χ3n) is 2.70. The Hall–Kier alpha value is -1.25. The number of thioether (sulfide) groups is 1. The van der Waals surface area contributed by atoms with Crippen LogP contribution in [0.2, 0.25) is 0 Å². The van der Waals surface area contributed by atoms with Gasteiger partial charge in [0.05, 0.1) is 0 Å². The first-order valence-corrected chi connectivity index (χ1v) is 7.43. The molecule has 17 heavy (non-hydrogen) atoms. The molecule has 84 valence electrons. The molecule has 0 unspecified atom stereocenters. The maximum atomic E-state index is 2.28. The highest BCUT2D eigenvalue weighted by Crippen LogP contribution is 2.31. The SMILES string of the molecule is c1ccc(SCc2csc3ccccc23)cc1. The van der Waals surface area contributed by atoms with Crippen molar-refractivity contribution in [3.05, 3.63) is 65.5 Å². The summed E-state index contributed by atoms with van der Waals surface area (Å²) in [6.45, 7) is 0. The molecule has 0 N–H and O–H groups in total. The molecule has 0 atom stereocenters. The zero-order chi connectivity index (χ0) is 11.5. The molecule has 0 radical (unpaired) electrons. The van der Waals surface area contributed by atoms with Crippen LogP contribution in [-0.4, -0.2) is 0 Å². The van der Waals surface area contributed by atoms with Crippen molar-refractivity contribution in [2.24, 2.45) is 0 Å². The van der Waals surface area contributed by atoms with E-state index in [0.29, 0.717) is 0 Å². The van der Waals surface area contributed by atoms with E-state index in [1.807, 2.05) is 23.1 Å². The molecule has 0 spiro atoms. The standard InChI is InChI=1S/C15H12S2/c1-2-6-13(7-3-1)16-10-12-11-17-15-9-5-4-8-14(12)15/h1-9,11H,10H2. The van der Waals surface area contributed by atoms with Crippen LogP contribution in [0.25, 0.3) is 10.1 Å². The molecule has 0 bridgehead atoms. The van der Waals surface area contributed by atoms with E-state index >= 15 is 0 Å². The highest BCUT2D eigenvalue weighted by Gasteiger charge is 2.03. The lowest BCUT2D eigenvalue weighted by Gasteiger charge is -2.00. The molecule has 0 aliphatic carbocycles. The fraction of sp³-hybridized carbons (Fsp3) is 0.0667. The Balaban J connectivity index is 1.82. The van der Waals surface area contributed by atoms with Gasteiger partial charge in [0, 0.05) is 15.3 Å². The average molecular weight is 256 g/mol. The minimum Gasteiger partial charge on any atom is -0.143 e. The van der Waals surface area contributed by atoms with Gasteiger partial charge in [-0.3, -0.25) is 0 Å². The molecule has 0 fully saturated rings. The van der Waals surface area contributed by atoms with Crippen molar-refractivity contribution in [3.8, 4) is 0 Å². The van der Waals surface area contributed by atoms with Crippen LogP contribution in [0, 0.1) is 0 Å². The fourth-order valence-corrected chi connectivity index (χ4v) is 3.80. The molecule has 0 nitrogen and oxygen atoms in total. The molecule has 3 rings (SSSR count). The maximum Gasteiger partial charge on any atom is 0.0345 e. The van der Waals surface area contributed by atoms with Crippen LogP contribution in [0.5, 0.6) is 0 Å². The second-order valence-electron chi connectivity index (χ2n) is 3.86. The second-order valence-corrected chi connectivity index (χ2v) is 5.82. The van der Waals surface area contributed by atoms with Gasteiger partial charge in [-0.2, -0.15) is 0 Å². The van der Waals surface area contributed by atoms with Gasteiger partial charge in [-0.25, -0.2) is 0 Å². The first-order valence-electron chi connectivity index (χ1n) is 5.56. The predicted octanol–water partition coefficient (Wildman–Crippen LogP) is 5.19. The van der Waals surface area contributed by atoms with Gasteiger partial charge in [-0.1, -0.05) is 36.4 Å². The van der Waals surface area contributed by atoms with Gasteiger partial charge in [-0.05, 0) is 34.5 Å². The summed E-state index contributed by atoms with van der Waals surface area (Å²) in [5.74, 6) is 1.05. The molecule has 0 aliphatic heterocycles. The highest BCUT2D eigenvalue weighted by atomic mass is 32.2. The van der Waals surface area contributed by atoms with Crippen molar-refractivity contribution in [1.29, 1.82) is 0 Å². The van der Waals surface area contributed by atoms with Crippen molar-refractivity contribution in [1.82, 2.24) is 0 Å². The number of thiophene rings is 1. The van der Waals surface area contributed by atoms with Crippen molar-refractivity contribution in [2.45, 2.75) is 10.6 Å². The van der Waals surface area contributed by atoms with Crippen molar-refractivity contribution in [2.75, 3.05) is 0 Å². The Morgan fingerprint density at radius 2 is 1.65 bits per heavy atom. The molecule has 0 saturated heterocycles. The summed E-state index contributed by atoms with van der Waals surface area (Å²) < 4.78 is 1.39. The smallest absolute Gasteiger partial charge is 0.0345 e. The number of hydrogen-bond acceptors (Lipinski definition) is 2. The summed E-state index contributed by atoms with van der Waals surface area (Å²) in [6, 6.07) is 19.2. The Labute approximate surface area is 109 Å². The predicted molar refractivity (Wildman–Crippen MR) is 77.8 cm³/mol. The monoisotopic (exact) mass is 256 g/mol. The molecule has 1 heterocycles. The average Bonchev–Trinajstić information content (AvgIpc) is 2.81. The van der Waals surface area contributed by atoms with E-state index in [1.165, 1.54) is 20.5 Å². The van der Waals surface area contributed by atoms with E-state index in [4.69, 9.17) is 0 Å². The van der Waals surface area contributed by atoms with Gasteiger partial charge < -0.3 is 0 Å². The number of rotatable bonds is 3. The molecule has 2 heteroatoms. The van der Waals surface area contributed by atoms with Crippen LogP contribution in [-0.2, 0) is 5.75 Å². The zero-order valence-corrected chi connectivity index (χ0v) is 10.9. The van der Waals surface area contributed by atoms with Gasteiger partial charge in [0.1, 0.15) is 0 Å². The van der Waals surface area contributed by atoms with Gasteiger partial charge >= 0.3 is 0 Å². The quantitative estimate of drug-likeness (QED) is 0.581. The topological polar surface area (TPSA) is 0 Å². The van der Waals surface area contributed by atoms with Gasteiger partial charge in [0.15, 0.2) is 0 Å². The first-order chi connectivity index (χ1) is 8.43. The second kappa shape index (κ2) is 4.94. The van der Waals surface area contributed by atoms with Crippen LogP contribution in [0.3, 0.4) is 0 Å². The number of benzene rings is 2. The van der Waals surface area contributed by atoms with Gasteiger partial charge in [0.2, 0.25) is 0 Å². The first kappa shape index (κ1) is 10.9. The van der Waals surface area contributed by atoms with Crippen LogP contribution in [0.4, 0.5) is 0 Å². The summed E-state index contributed by atoms with van der Waals surface area (Å²) in [5, 5.41) is 3.68. The van der Waals surface area contributed by atoms with E-state index in [2.05, 4.69) is 60.0 Å². The molecule has 1 aromatic heterocycles. The van der Waals surface area contributed by atoms with E-state index in [0.717, 1.165) is 5.75 Å². The van der Waals surface area contributed by atoms with Crippen molar-refractivity contribution >= 4 is 33.2 Å². The van der Waals surface area contributed by atoms with E-state index in [9.17, 15) is 0 Å². The normalized spacial score (nSPS) is 10.8. The summed E-state index contributed by atoms with van der Waals surface area (Å²) in [5.41, 5.74) is 1.44. The minimum absolute atomic E-state index is 1.05. The van der Waals surface area contributed by atoms with Gasteiger partial charge in [-0.15, -0.1) is 23.1 Å². The molecule has 0 amide bonds. The summed E-state index contributed by atoms with van der Waals surface area (Å²) in [6.07, 6.45) is 0. The lowest BCUT2D eigenvalue weighted by molar-refractivity contribution is 1.42. The van der Waals surface area contributed by atoms with E-state index in [1.54, 1.807) is 0 Å². The molecule has 0 saturated carbocycles. The van der Waals surface area contributed by atoms with Gasteiger partial charge in [0.25, 0.3) is 0 Å². The third kappa shape index (κ3) is 2.38. The van der Waals surface area contributed by atoms with E-state index < -0.39 is 0 Å². The highest BCUT2D eigenvalue weighted by molar-refractivity contribution is 7.98. The van der Waals surface area contributed by atoms with Crippen molar-refractivity contribution in [3.63, 3.8) is 0 Å². The third-order valence-corrected chi connectivity index (χ3v) is 4.77. The lowest BCUT2D eigenvalue weighted by Crippen LogP contribution is -1.77. The summed E-state index contributed by atoms with van der Waals surface area (Å²) in [4.78, 5) is 1.34. The number of fused-ring (bicyclic) bond motifs is 1. The van der Waals surface area contributed by atoms with Crippen LogP contribution in [0.15, 0.2) is 64.9 Å². The Morgan fingerprint density at radius 1 is 0.882 bits per heavy atom. The molecule has 0 aliphatic rings. The Bertz CT molecular complexity index is 611. The maximum absolute atomic E-state index is 2.28. The fourth-order valence-electron chi connectivity index (χ4n) is 1.82. The minimum atomic E-state index is 1.05. The van der Waals surface area contributed by atoms with Crippen LogP contribution in [0.1, 0.15) is 5.56 Å². The van der Waals surface area contributed by atoms with Crippen LogP contribution < -0.4 is 0 Å². The molecular weight excluding hydrogens is 244 g/mol. The van der Waals surface area contributed by atoms with Crippen LogP contribution >= 0.6 is 23.1 Å².